The van der Waals surface area contributed by atoms with E-state index in [4.69, 9.17) is 0 Å². The molecule has 0 amide bonds. The predicted octanol–water partition coefficient (Wildman–Crippen LogP) is 3.33. The first kappa shape index (κ1) is 17.9. The maximum atomic E-state index is 12.5. The zero-order valence-corrected chi connectivity index (χ0v) is 14.6. The van der Waals surface area contributed by atoms with Crippen LogP contribution in [-0.4, -0.2) is 23.5 Å². The van der Waals surface area contributed by atoms with Crippen molar-refractivity contribution in [2.75, 3.05) is 4.72 Å². The lowest BCUT2D eigenvalue weighted by molar-refractivity contribution is -0.385. The Hall–Kier alpha value is -2.42. The number of non-ortho nitro benzene ring substituents is 1. The van der Waals surface area contributed by atoms with E-state index in [0.717, 1.165) is 18.5 Å². The summed E-state index contributed by atoms with van der Waals surface area (Å²) in [7, 11) is -3.87. The van der Waals surface area contributed by atoms with Gasteiger partial charge in [-0.3, -0.25) is 19.9 Å². The van der Waals surface area contributed by atoms with Crippen molar-refractivity contribution in [3.8, 4) is 0 Å². The molecule has 1 unspecified atom stereocenters. The Morgan fingerprint density at radius 2 is 2.08 bits per heavy atom. The van der Waals surface area contributed by atoms with Gasteiger partial charge in [0, 0.05) is 23.9 Å². The van der Waals surface area contributed by atoms with Crippen LogP contribution in [0.25, 0.3) is 0 Å². The number of nitrogens with one attached hydrogen (secondary N) is 2. The van der Waals surface area contributed by atoms with Gasteiger partial charge in [-0.25, -0.2) is 8.42 Å². The van der Waals surface area contributed by atoms with E-state index in [1.54, 1.807) is 6.07 Å². The number of hydrogen-bond donors (Lipinski definition) is 2. The highest BCUT2D eigenvalue weighted by Gasteiger charge is 2.21. The first-order valence-electron chi connectivity index (χ1n) is 7.57. The molecular weight excluding hydrogens is 332 g/mol. The summed E-state index contributed by atoms with van der Waals surface area (Å²) in [6, 6.07) is 5.29. The van der Waals surface area contributed by atoms with Gasteiger partial charge >= 0.3 is 0 Å². The van der Waals surface area contributed by atoms with Crippen molar-refractivity contribution in [3.63, 3.8) is 0 Å². The Kier molecular flexibility index (Phi) is 5.23. The van der Waals surface area contributed by atoms with Crippen molar-refractivity contribution in [2.45, 2.75) is 44.4 Å². The van der Waals surface area contributed by atoms with Gasteiger partial charge in [0.1, 0.15) is 0 Å². The van der Waals surface area contributed by atoms with Gasteiger partial charge in [-0.05, 0) is 30.9 Å². The molecule has 8 nitrogen and oxygen atoms in total. The minimum Gasteiger partial charge on any atom is -0.280 e. The van der Waals surface area contributed by atoms with Crippen LogP contribution in [0.4, 0.5) is 11.5 Å². The van der Waals surface area contributed by atoms with Crippen LogP contribution in [0.2, 0.25) is 0 Å². The van der Waals surface area contributed by atoms with Crippen LogP contribution >= 0.6 is 0 Å². The van der Waals surface area contributed by atoms with Gasteiger partial charge < -0.3 is 0 Å². The minimum atomic E-state index is -3.87. The molecule has 0 aliphatic rings. The number of nitro groups is 1. The average Bonchev–Trinajstić information content (AvgIpc) is 2.94. The first-order chi connectivity index (χ1) is 11.2. The monoisotopic (exact) mass is 352 g/mol. The van der Waals surface area contributed by atoms with E-state index in [1.165, 1.54) is 25.1 Å². The number of H-pyrrole nitrogens is 1. The molecule has 1 heterocycles. The number of benzene rings is 1. The van der Waals surface area contributed by atoms with Gasteiger partial charge in [-0.2, -0.15) is 5.10 Å². The van der Waals surface area contributed by atoms with Gasteiger partial charge in [0.2, 0.25) is 0 Å². The van der Waals surface area contributed by atoms with Crippen LogP contribution in [0.1, 0.15) is 43.9 Å². The summed E-state index contributed by atoms with van der Waals surface area (Å²) in [6.07, 6.45) is 1.99. The molecule has 0 saturated carbocycles. The van der Waals surface area contributed by atoms with Gasteiger partial charge in [-0.1, -0.05) is 20.3 Å². The lowest BCUT2D eigenvalue weighted by Gasteiger charge is -2.08. The van der Waals surface area contributed by atoms with Gasteiger partial charge in [0.15, 0.2) is 5.82 Å². The smallest absolute Gasteiger partial charge is 0.269 e. The predicted molar refractivity (Wildman–Crippen MR) is 90.6 cm³/mol. The third-order valence-corrected chi connectivity index (χ3v) is 5.26. The average molecular weight is 352 g/mol. The van der Waals surface area contributed by atoms with Crippen LogP contribution < -0.4 is 4.72 Å². The second kappa shape index (κ2) is 7.00. The number of sulfonamides is 1. The van der Waals surface area contributed by atoms with E-state index in [1.807, 2.05) is 6.92 Å². The SMILES string of the molecule is CCCC(C)c1cc(NS(=O)(=O)c2ccc([N+](=O)[O-])cc2C)n[nH]1. The van der Waals surface area contributed by atoms with E-state index >= 15 is 0 Å². The Labute approximate surface area is 140 Å². The molecule has 0 aliphatic heterocycles. The normalized spacial score (nSPS) is 12.8. The van der Waals surface area contributed by atoms with Crippen molar-refractivity contribution in [3.05, 3.63) is 45.6 Å². The summed E-state index contributed by atoms with van der Waals surface area (Å²) in [5, 5.41) is 17.6. The summed E-state index contributed by atoms with van der Waals surface area (Å²) in [5.74, 6) is 0.451. The molecule has 1 aromatic carbocycles. The highest BCUT2D eigenvalue weighted by atomic mass is 32.2. The highest BCUT2D eigenvalue weighted by Crippen LogP contribution is 2.25. The van der Waals surface area contributed by atoms with Crippen molar-refractivity contribution >= 4 is 21.5 Å². The molecule has 0 saturated heterocycles. The number of nitrogens with zero attached hydrogens (tertiary/aromatic N) is 2. The van der Waals surface area contributed by atoms with Crippen LogP contribution in [0, 0.1) is 17.0 Å². The number of anilines is 1. The highest BCUT2D eigenvalue weighted by molar-refractivity contribution is 7.92. The van der Waals surface area contributed by atoms with Crippen molar-refractivity contribution in [1.29, 1.82) is 0 Å². The van der Waals surface area contributed by atoms with Crippen LogP contribution in [-0.2, 0) is 10.0 Å². The maximum Gasteiger partial charge on any atom is 0.269 e. The number of aromatic amines is 1. The van der Waals surface area contributed by atoms with E-state index in [0.29, 0.717) is 5.56 Å². The van der Waals surface area contributed by atoms with E-state index < -0.39 is 14.9 Å². The van der Waals surface area contributed by atoms with E-state index in [-0.39, 0.29) is 22.3 Å². The number of aryl methyl sites for hydroxylation is 1. The fourth-order valence-electron chi connectivity index (χ4n) is 2.47. The molecule has 2 rings (SSSR count). The van der Waals surface area contributed by atoms with Crippen LogP contribution in [0.5, 0.6) is 0 Å². The second-order valence-corrected chi connectivity index (χ2v) is 7.36. The van der Waals surface area contributed by atoms with E-state index in [2.05, 4.69) is 21.8 Å². The fourth-order valence-corrected chi connectivity index (χ4v) is 3.69. The molecule has 9 heteroatoms. The zero-order chi connectivity index (χ0) is 17.9. The Bertz CT molecular complexity index is 845. The maximum absolute atomic E-state index is 12.5. The number of aromatic nitrogens is 2. The van der Waals surface area contributed by atoms with Gasteiger partial charge in [-0.15, -0.1) is 0 Å². The number of hydrogen-bond acceptors (Lipinski definition) is 5. The topological polar surface area (TPSA) is 118 Å². The summed E-state index contributed by atoms with van der Waals surface area (Å²) in [6.45, 7) is 5.63. The Balaban J connectivity index is 2.24. The van der Waals surface area contributed by atoms with Crippen molar-refractivity contribution in [2.24, 2.45) is 0 Å². The quantitative estimate of drug-likeness (QED) is 0.585. The number of nitro benzene ring substituents is 1. The molecule has 0 spiro atoms. The van der Waals surface area contributed by atoms with E-state index in [9.17, 15) is 18.5 Å². The molecule has 2 N–H and O–H groups in total. The standard InChI is InChI=1S/C15H20N4O4S/c1-4-5-10(2)13-9-15(17-16-13)18-24(22,23)14-7-6-12(19(20)21)8-11(14)3/h6-10H,4-5H2,1-3H3,(H2,16,17,18). The molecule has 0 radical (unpaired) electrons. The molecule has 0 aliphatic carbocycles. The third-order valence-electron chi connectivity index (χ3n) is 3.75. The largest absolute Gasteiger partial charge is 0.280 e. The molecular formula is C15H20N4O4S. The van der Waals surface area contributed by atoms with Crippen molar-refractivity contribution < 1.29 is 13.3 Å². The lowest BCUT2D eigenvalue weighted by Crippen LogP contribution is -2.14. The number of rotatable bonds is 7. The molecule has 24 heavy (non-hydrogen) atoms. The van der Waals surface area contributed by atoms with Gasteiger partial charge in [0.25, 0.3) is 15.7 Å². The second-order valence-electron chi connectivity index (χ2n) is 5.71. The summed E-state index contributed by atoms with van der Waals surface area (Å²) in [5.41, 5.74) is 1.00. The summed E-state index contributed by atoms with van der Waals surface area (Å²) in [4.78, 5) is 10.2. The summed E-state index contributed by atoms with van der Waals surface area (Å²) < 4.78 is 27.3. The van der Waals surface area contributed by atoms with Gasteiger partial charge in [0.05, 0.1) is 9.82 Å². The minimum absolute atomic E-state index is 0.0146. The fraction of sp³-hybridized carbons (Fsp3) is 0.400. The first-order valence-corrected chi connectivity index (χ1v) is 9.06. The molecule has 1 aromatic heterocycles. The molecule has 0 bridgehead atoms. The lowest BCUT2D eigenvalue weighted by atomic mass is 10.0. The Morgan fingerprint density at radius 3 is 2.67 bits per heavy atom. The summed E-state index contributed by atoms with van der Waals surface area (Å²) >= 11 is 0. The zero-order valence-electron chi connectivity index (χ0n) is 13.7. The molecule has 2 aromatic rings. The Morgan fingerprint density at radius 1 is 1.38 bits per heavy atom. The molecule has 130 valence electrons. The van der Waals surface area contributed by atoms with Crippen LogP contribution in [0.15, 0.2) is 29.2 Å². The van der Waals surface area contributed by atoms with Crippen molar-refractivity contribution in [1.82, 2.24) is 10.2 Å². The van der Waals surface area contributed by atoms with Crippen LogP contribution in [0.3, 0.4) is 0 Å². The molecule has 1 atom stereocenters. The third kappa shape index (κ3) is 3.91. The molecule has 0 fully saturated rings.